The summed E-state index contributed by atoms with van der Waals surface area (Å²) in [5, 5.41) is 0. The Hall–Kier alpha value is -1.46. The van der Waals surface area contributed by atoms with Gasteiger partial charge in [0, 0.05) is 26.0 Å². The van der Waals surface area contributed by atoms with Crippen LogP contribution in [0.3, 0.4) is 0 Å². The third-order valence-electron chi connectivity index (χ3n) is 3.27. The molecule has 5 nitrogen and oxygen atoms in total. The first-order valence-corrected chi connectivity index (χ1v) is 6.19. The van der Waals surface area contributed by atoms with Gasteiger partial charge >= 0.3 is 0 Å². The van der Waals surface area contributed by atoms with Crippen LogP contribution in [-0.4, -0.2) is 42.1 Å². The highest BCUT2D eigenvalue weighted by Crippen LogP contribution is 2.31. The summed E-state index contributed by atoms with van der Waals surface area (Å²) < 4.78 is 4.94. The average molecular weight is 249 g/mol. The highest BCUT2D eigenvalue weighted by Gasteiger charge is 2.32. The molecule has 98 valence electrons. The topological polar surface area (TPSA) is 68.5 Å². The second-order valence-electron chi connectivity index (χ2n) is 4.54. The zero-order valence-corrected chi connectivity index (χ0v) is 10.6. The number of amides is 1. The maximum absolute atomic E-state index is 12.2. The van der Waals surface area contributed by atoms with Crippen molar-refractivity contribution in [2.45, 2.75) is 24.9 Å². The number of ether oxygens (including phenoxy) is 1. The van der Waals surface area contributed by atoms with Crippen LogP contribution in [0.2, 0.25) is 0 Å². The Morgan fingerprint density at radius 1 is 1.72 bits per heavy atom. The number of pyridine rings is 1. The lowest BCUT2D eigenvalue weighted by Gasteiger charge is -2.27. The Balaban J connectivity index is 2.10. The first-order chi connectivity index (χ1) is 8.74. The van der Waals surface area contributed by atoms with Gasteiger partial charge in [-0.1, -0.05) is 6.07 Å². The molecule has 2 rings (SSSR count). The van der Waals surface area contributed by atoms with Gasteiger partial charge in [-0.15, -0.1) is 0 Å². The van der Waals surface area contributed by atoms with Gasteiger partial charge in [-0.25, -0.2) is 0 Å². The molecule has 5 heteroatoms. The maximum atomic E-state index is 12.2. The van der Waals surface area contributed by atoms with Crippen LogP contribution in [0.1, 0.15) is 24.4 Å². The monoisotopic (exact) mass is 249 g/mol. The Morgan fingerprint density at radius 3 is 3.22 bits per heavy atom. The van der Waals surface area contributed by atoms with Crippen molar-refractivity contribution in [3.63, 3.8) is 0 Å². The Kier molecular flexibility index (Phi) is 4.28. The highest BCUT2D eigenvalue weighted by atomic mass is 16.5. The zero-order chi connectivity index (χ0) is 13.0. The molecule has 0 aromatic carbocycles. The molecule has 1 saturated heterocycles. The summed E-state index contributed by atoms with van der Waals surface area (Å²) in [6.07, 6.45) is 5.53. The number of likely N-dealkylation sites (tertiary alicyclic amines) is 1. The van der Waals surface area contributed by atoms with E-state index >= 15 is 0 Å². The van der Waals surface area contributed by atoms with E-state index in [1.165, 1.54) is 0 Å². The van der Waals surface area contributed by atoms with Crippen LogP contribution >= 0.6 is 0 Å². The molecule has 0 aliphatic carbocycles. The van der Waals surface area contributed by atoms with E-state index in [9.17, 15) is 4.79 Å². The van der Waals surface area contributed by atoms with Crippen molar-refractivity contribution in [1.29, 1.82) is 0 Å². The zero-order valence-electron chi connectivity index (χ0n) is 10.6. The summed E-state index contributed by atoms with van der Waals surface area (Å²) in [7, 11) is 1.55. The van der Waals surface area contributed by atoms with Crippen molar-refractivity contribution in [2.75, 3.05) is 20.3 Å². The Morgan fingerprint density at radius 2 is 2.56 bits per heavy atom. The lowest BCUT2D eigenvalue weighted by atomic mass is 10.1. The van der Waals surface area contributed by atoms with Crippen molar-refractivity contribution in [3.8, 4) is 0 Å². The minimum absolute atomic E-state index is 0.0387. The molecule has 1 aromatic heterocycles. The molecule has 18 heavy (non-hydrogen) atoms. The Bertz CT molecular complexity index is 396. The minimum atomic E-state index is -0.577. The van der Waals surface area contributed by atoms with Crippen LogP contribution in [-0.2, 0) is 9.53 Å². The largest absolute Gasteiger partial charge is 0.383 e. The Labute approximate surface area is 107 Å². The predicted octanol–water partition coefficient (Wildman–Crippen LogP) is 0.719. The van der Waals surface area contributed by atoms with Crippen molar-refractivity contribution in [2.24, 2.45) is 5.73 Å². The number of aromatic nitrogens is 1. The van der Waals surface area contributed by atoms with Gasteiger partial charge in [-0.2, -0.15) is 0 Å². The number of nitrogens with zero attached hydrogens (tertiary/aromatic N) is 2. The predicted molar refractivity (Wildman–Crippen MR) is 67.8 cm³/mol. The molecule has 2 unspecified atom stereocenters. The number of carbonyl (C=O) groups is 1. The fourth-order valence-corrected chi connectivity index (χ4v) is 2.41. The van der Waals surface area contributed by atoms with E-state index in [0.29, 0.717) is 0 Å². The summed E-state index contributed by atoms with van der Waals surface area (Å²) in [6, 6.07) is 3.43. The molecular formula is C13H19N3O2. The van der Waals surface area contributed by atoms with Crippen LogP contribution in [0.25, 0.3) is 0 Å². The van der Waals surface area contributed by atoms with E-state index in [0.717, 1.165) is 24.9 Å². The van der Waals surface area contributed by atoms with Gasteiger partial charge in [0.25, 0.3) is 0 Å². The van der Waals surface area contributed by atoms with E-state index in [-0.39, 0.29) is 18.6 Å². The summed E-state index contributed by atoms with van der Waals surface area (Å²) in [5.41, 5.74) is 6.89. The first-order valence-electron chi connectivity index (χ1n) is 6.19. The molecule has 1 aliphatic heterocycles. The molecule has 2 N–H and O–H groups in total. The number of hydrogen-bond acceptors (Lipinski definition) is 4. The summed E-state index contributed by atoms with van der Waals surface area (Å²) in [6.45, 7) is 1.02. The van der Waals surface area contributed by atoms with E-state index < -0.39 is 6.04 Å². The van der Waals surface area contributed by atoms with Gasteiger partial charge in [-0.05, 0) is 24.5 Å². The normalized spacial score (nSPS) is 21.0. The molecule has 0 saturated carbocycles. The van der Waals surface area contributed by atoms with Crippen molar-refractivity contribution >= 4 is 5.91 Å². The fraction of sp³-hybridized carbons (Fsp3) is 0.538. The highest BCUT2D eigenvalue weighted by molar-refractivity contribution is 5.82. The second-order valence-corrected chi connectivity index (χ2v) is 4.54. The second kappa shape index (κ2) is 5.93. The van der Waals surface area contributed by atoms with Gasteiger partial charge in [0.05, 0.1) is 12.6 Å². The van der Waals surface area contributed by atoms with Crippen molar-refractivity contribution in [1.82, 2.24) is 9.88 Å². The van der Waals surface area contributed by atoms with E-state index in [4.69, 9.17) is 10.5 Å². The van der Waals surface area contributed by atoms with Gasteiger partial charge in [0.15, 0.2) is 0 Å². The molecule has 1 fully saturated rings. The number of hydrogen-bond donors (Lipinski definition) is 1. The van der Waals surface area contributed by atoms with E-state index in [1.54, 1.807) is 13.3 Å². The maximum Gasteiger partial charge on any atom is 0.242 e. The fourth-order valence-electron chi connectivity index (χ4n) is 2.41. The summed E-state index contributed by atoms with van der Waals surface area (Å²) in [5.74, 6) is -0.0387. The molecular weight excluding hydrogens is 230 g/mol. The molecule has 2 atom stereocenters. The smallest absolute Gasteiger partial charge is 0.242 e. The molecule has 1 amide bonds. The van der Waals surface area contributed by atoms with E-state index in [2.05, 4.69) is 4.98 Å². The van der Waals surface area contributed by atoms with Crippen LogP contribution in [0.5, 0.6) is 0 Å². The molecule has 1 aliphatic rings. The number of rotatable bonds is 4. The van der Waals surface area contributed by atoms with Crippen LogP contribution in [0.4, 0.5) is 0 Å². The standard InChI is InChI=1S/C13H19N3O2/c1-18-9-11(14)13(17)16-7-3-5-12(16)10-4-2-6-15-8-10/h2,4,6,8,11-12H,3,5,7,9,14H2,1H3. The summed E-state index contributed by atoms with van der Waals surface area (Å²) >= 11 is 0. The van der Waals surface area contributed by atoms with Crippen LogP contribution in [0, 0.1) is 0 Å². The van der Waals surface area contributed by atoms with Gasteiger partial charge in [0.1, 0.15) is 6.04 Å². The first kappa shape index (κ1) is 13.0. The number of nitrogens with two attached hydrogens (primary N) is 1. The molecule has 1 aromatic rings. The number of carbonyl (C=O) groups excluding carboxylic acids is 1. The molecule has 0 spiro atoms. The van der Waals surface area contributed by atoms with E-state index in [1.807, 2.05) is 23.2 Å². The third kappa shape index (κ3) is 2.68. The quantitative estimate of drug-likeness (QED) is 0.853. The molecule has 0 radical (unpaired) electrons. The van der Waals surface area contributed by atoms with Crippen LogP contribution < -0.4 is 5.73 Å². The lowest BCUT2D eigenvalue weighted by Crippen LogP contribution is -2.45. The van der Waals surface area contributed by atoms with Gasteiger partial charge in [0.2, 0.25) is 5.91 Å². The molecule has 0 bridgehead atoms. The SMILES string of the molecule is COCC(N)C(=O)N1CCCC1c1cccnc1. The van der Waals surface area contributed by atoms with Crippen molar-refractivity contribution < 1.29 is 9.53 Å². The molecule has 2 heterocycles. The lowest BCUT2D eigenvalue weighted by molar-refractivity contribution is -0.134. The van der Waals surface area contributed by atoms with Crippen molar-refractivity contribution in [3.05, 3.63) is 30.1 Å². The average Bonchev–Trinajstić information content (AvgIpc) is 2.88. The number of methoxy groups -OCH3 is 1. The van der Waals surface area contributed by atoms with Gasteiger partial charge in [-0.3, -0.25) is 9.78 Å². The van der Waals surface area contributed by atoms with Gasteiger partial charge < -0.3 is 15.4 Å². The third-order valence-corrected chi connectivity index (χ3v) is 3.27. The summed E-state index contributed by atoms with van der Waals surface area (Å²) in [4.78, 5) is 18.2. The van der Waals surface area contributed by atoms with Crippen LogP contribution in [0.15, 0.2) is 24.5 Å². The minimum Gasteiger partial charge on any atom is -0.383 e.